The van der Waals surface area contributed by atoms with Gasteiger partial charge in [-0.25, -0.2) is 4.39 Å². The molecule has 1 N–H and O–H groups in total. The molecule has 0 bridgehead atoms. The molecular formula is C23H27FN2O2. The van der Waals surface area contributed by atoms with Crippen LogP contribution < -0.4 is 5.32 Å². The van der Waals surface area contributed by atoms with E-state index < -0.39 is 5.41 Å². The van der Waals surface area contributed by atoms with Crippen molar-refractivity contribution >= 4 is 17.5 Å². The minimum atomic E-state index is -0.518. The molecule has 3 rings (SSSR count). The fourth-order valence-corrected chi connectivity index (χ4v) is 3.44. The number of amides is 2. The summed E-state index contributed by atoms with van der Waals surface area (Å²) in [5.41, 5.74) is 1.98. The molecule has 2 amide bonds. The van der Waals surface area contributed by atoms with Gasteiger partial charge in [0.15, 0.2) is 0 Å². The van der Waals surface area contributed by atoms with E-state index in [0.717, 1.165) is 5.69 Å². The van der Waals surface area contributed by atoms with Crippen LogP contribution in [0.1, 0.15) is 55.5 Å². The second kappa shape index (κ2) is 8.13. The van der Waals surface area contributed by atoms with Crippen molar-refractivity contribution < 1.29 is 14.0 Å². The lowest BCUT2D eigenvalue weighted by atomic mass is 9.79. The number of nitrogens with one attached hydrogen (secondary N) is 1. The third-order valence-corrected chi connectivity index (χ3v) is 5.63. The Balaban J connectivity index is 1.59. The lowest BCUT2D eigenvalue weighted by Crippen LogP contribution is -2.46. The van der Waals surface area contributed by atoms with Gasteiger partial charge in [0.2, 0.25) is 5.91 Å². The van der Waals surface area contributed by atoms with Gasteiger partial charge in [0.25, 0.3) is 5.91 Å². The van der Waals surface area contributed by atoms with Gasteiger partial charge in [-0.2, -0.15) is 0 Å². The number of nitrogens with zero attached hydrogens (tertiary/aromatic N) is 1. The largest absolute Gasteiger partial charge is 0.339 e. The summed E-state index contributed by atoms with van der Waals surface area (Å²) in [6.07, 6.45) is 1.19. The zero-order chi connectivity index (χ0) is 20.3. The standard InChI is InChI=1S/C23H27FN2O2/c1-16(2)17-6-10-20(11-7-17)25-22(28)23(3)12-14-26(15-13-23)21(27)18-4-8-19(24)9-5-18/h4-11,16H,12-15H2,1-3H3,(H,25,28). The predicted octanol–water partition coefficient (Wildman–Crippen LogP) is 4.83. The summed E-state index contributed by atoms with van der Waals surface area (Å²) in [5.74, 6) is -0.0449. The maximum atomic E-state index is 13.1. The van der Waals surface area contributed by atoms with Gasteiger partial charge < -0.3 is 10.2 Å². The molecule has 0 atom stereocenters. The Morgan fingerprint density at radius 3 is 2.11 bits per heavy atom. The van der Waals surface area contributed by atoms with E-state index in [-0.39, 0.29) is 17.6 Å². The number of halogens is 1. The molecule has 1 heterocycles. The average molecular weight is 382 g/mol. The highest BCUT2D eigenvalue weighted by Crippen LogP contribution is 2.33. The normalized spacial score (nSPS) is 16.1. The van der Waals surface area contributed by atoms with Gasteiger partial charge in [0.1, 0.15) is 5.82 Å². The first-order valence-corrected chi connectivity index (χ1v) is 9.75. The molecule has 0 spiro atoms. The monoisotopic (exact) mass is 382 g/mol. The minimum absolute atomic E-state index is 0.0151. The van der Waals surface area contributed by atoms with Crippen molar-refractivity contribution in [2.24, 2.45) is 5.41 Å². The zero-order valence-corrected chi connectivity index (χ0v) is 16.7. The topological polar surface area (TPSA) is 49.4 Å². The van der Waals surface area contributed by atoms with Gasteiger partial charge in [0.05, 0.1) is 5.41 Å². The Morgan fingerprint density at radius 2 is 1.57 bits per heavy atom. The first kappa shape index (κ1) is 20.1. The van der Waals surface area contributed by atoms with Crippen LogP contribution >= 0.6 is 0 Å². The maximum absolute atomic E-state index is 13.1. The van der Waals surface area contributed by atoms with E-state index in [2.05, 4.69) is 19.2 Å². The molecule has 1 aliphatic rings. The van der Waals surface area contributed by atoms with E-state index in [1.54, 1.807) is 4.90 Å². The van der Waals surface area contributed by atoms with E-state index in [4.69, 9.17) is 0 Å². The number of anilines is 1. The van der Waals surface area contributed by atoms with E-state index in [0.29, 0.717) is 37.4 Å². The Labute approximate surface area is 165 Å². The molecule has 0 unspecified atom stereocenters. The molecule has 0 aliphatic carbocycles. The molecule has 5 heteroatoms. The second-order valence-electron chi connectivity index (χ2n) is 8.09. The summed E-state index contributed by atoms with van der Waals surface area (Å²) < 4.78 is 13.1. The molecule has 1 fully saturated rings. The molecule has 1 saturated heterocycles. The summed E-state index contributed by atoms with van der Waals surface area (Å²) in [6.45, 7) is 7.23. The van der Waals surface area contributed by atoms with E-state index >= 15 is 0 Å². The van der Waals surface area contributed by atoms with Crippen LogP contribution in [0.15, 0.2) is 48.5 Å². The van der Waals surface area contributed by atoms with Crippen LogP contribution in [-0.4, -0.2) is 29.8 Å². The fraction of sp³-hybridized carbons (Fsp3) is 0.391. The maximum Gasteiger partial charge on any atom is 0.253 e. The van der Waals surface area contributed by atoms with Crippen molar-refractivity contribution in [3.8, 4) is 0 Å². The number of hydrogen-bond donors (Lipinski definition) is 1. The van der Waals surface area contributed by atoms with Gasteiger partial charge in [-0.1, -0.05) is 32.9 Å². The minimum Gasteiger partial charge on any atom is -0.339 e. The van der Waals surface area contributed by atoms with Crippen LogP contribution in [0.25, 0.3) is 0 Å². The van der Waals surface area contributed by atoms with Crippen molar-refractivity contribution in [1.29, 1.82) is 0 Å². The van der Waals surface area contributed by atoms with E-state index in [1.165, 1.54) is 29.8 Å². The van der Waals surface area contributed by atoms with Crippen molar-refractivity contribution in [2.45, 2.75) is 39.5 Å². The van der Waals surface area contributed by atoms with Crippen LogP contribution in [0.5, 0.6) is 0 Å². The number of benzene rings is 2. The summed E-state index contributed by atoms with van der Waals surface area (Å²) in [4.78, 5) is 27.1. The van der Waals surface area contributed by atoms with Crippen molar-refractivity contribution in [2.75, 3.05) is 18.4 Å². The number of piperidine rings is 1. The highest BCUT2D eigenvalue weighted by Gasteiger charge is 2.38. The van der Waals surface area contributed by atoms with Crippen LogP contribution in [0.4, 0.5) is 10.1 Å². The van der Waals surface area contributed by atoms with Crippen LogP contribution in [0.2, 0.25) is 0 Å². The third kappa shape index (κ3) is 4.41. The van der Waals surface area contributed by atoms with Crippen molar-refractivity contribution in [1.82, 2.24) is 4.90 Å². The van der Waals surface area contributed by atoms with Crippen LogP contribution in [0, 0.1) is 11.2 Å². The molecule has 0 radical (unpaired) electrons. The van der Waals surface area contributed by atoms with Gasteiger partial charge in [-0.05, 0) is 60.7 Å². The Morgan fingerprint density at radius 1 is 1.00 bits per heavy atom. The lowest BCUT2D eigenvalue weighted by molar-refractivity contribution is -0.127. The smallest absolute Gasteiger partial charge is 0.253 e. The Kier molecular flexibility index (Phi) is 5.82. The number of carbonyl (C=O) groups excluding carboxylic acids is 2. The van der Waals surface area contributed by atoms with Crippen molar-refractivity contribution in [3.63, 3.8) is 0 Å². The van der Waals surface area contributed by atoms with Gasteiger partial charge in [-0.3, -0.25) is 9.59 Å². The summed E-state index contributed by atoms with van der Waals surface area (Å²) in [6, 6.07) is 13.5. The highest BCUT2D eigenvalue weighted by atomic mass is 19.1. The zero-order valence-electron chi connectivity index (χ0n) is 16.7. The molecule has 28 heavy (non-hydrogen) atoms. The molecular weight excluding hydrogens is 355 g/mol. The van der Waals surface area contributed by atoms with Crippen molar-refractivity contribution in [3.05, 3.63) is 65.5 Å². The van der Waals surface area contributed by atoms with Gasteiger partial charge >= 0.3 is 0 Å². The van der Waals surface area contributed by atoms with Crippen LogP contribution in [-0.2, 0) is 4.79 Å². The number of likely N-dealkylation sites (tertiary alicyclic amines) is 1. The second-order valence-corrected chi connectivity index (χ2v) is 8.09. The highest BCUT2D eigenvalue weighted by molar-refractivity contribution is 5.96. The quantitative estimate of drug-likeness (QED) is 0.823. The Bertz CT molecular complexity index is 836. The number of rotatable bonds is 4. The summed E-state index contributed by atoms with van der Waals surface area (Å²) in [5, 5.41) is 3.02. The lowest BCUT2D eigenvalue weighted by Gasteiger charge is -2.38. The van der Waals surface area contributed by atoms with E-state index in [1.807, 2.05) is 31.2 Å². The molecule has 0 aromatic heterocycles. The predicted molar refractivity (Wildman–Crippen MR) is 109 cm³/mol. The van der Waals surface area contributed by atoms with Gasteiger partial charge in [0, 0.05) is 24.3 Å². The first-order valence-electron chi connectivity index (χ1n) is 9.75. The summed E-state index contributed by atoms with van der Waals surface area (Å²) in [7, 11) is 0. The third-order valence-electron chi connectivity index (χ3n) is 5.63. The number of carbonyl (C=O) groups is 2. The number of hydrogen-bond acceptors (Lipinski definition) is 2. The SMILES string of the molecule is CC(C)c1ccc(NC(=O)C2(C)CCN(C(=O)c3ccc(F)cc3)CC2)cc1. The Hall–Kier alpha value is -2.69. The first-order chi connectivity index (χ1) is 13.3. The van der Waals surface area contributed by atoms with Crippen LogP contribution in [0.3, 0.4) is 0 Å². The molecule has 1 aliphatic heterocycles. The molecule has 2 aromatic rings. The summed E-state index contributed by atoms with van der Waals surface area (Å²) >= 11 is 0. The van der Waals surface area contributed by atoms with E-state index in [9.17, 15) is 14.0 Å². The molecule has 2 aromatic carbocycles. The van der Waals surface area contributed by atoms with Gasteiger partial charge in [-0.15, -0.1) is 0 Å². The molecule has 0 saturated carbocycles. The molecule has 4 nitrogen and oxygen atoms in total. The average Bonchev–Trinajstić information content (AvgIpc) is 2.69. The molecule has 148 valence electrons. The fourth-order valence-electron chi connectivity index (χ4n) is 3.44.